The van der Waals surface area contributed by atoms with Crippen LogP contribution in [0, 0.1) is 52.8 Å². The SMILES string of the molecule is CCCC1C(C2CCC([C@H](C)CCC(CC)C(C)C)C2C)CCC2=CC(=O)C=CCC21C. The van der Waals surface area contributed by atoms with Crippen molar-refractivity contribution in [2.45, 2.75) is 113 Å². The predicted octanol–water partition coefficient (Wildman–Crippen LogP) is 9.04. The minimum absolute atomic E-state index is 0.191. The average Bonchev–Trinajstić information content (AvgIpc) is 3.04. The molecule has 2 fully saturated rings. The van der Waals surface area contributed by atoms with Gasteiger partial charge in [0.05, 0.1) is 0 Å². The lowest BCUT2D eigenvalue weighted by Gasteiger charge is -2.51. The summed E-state index contributed by atoms with van der Waals surface area (Å²) >= 11 is 0. The van der Waals surface area contributed by atoms with E-state index in [4.69, 9.17) is 0 Å². The molecule has 32 heavy (non-hydrogen) atoms. The molecule has 2 saturated carbocycles. The fraction of sp³-hybridized carbons (Fsp3) is 0.839. The quantitative estimate of drug-likeness (QED) is 0.349. The molecule has 0 aliphatic heterocycles. The van der Waals surface area contributed by atoms with Crippen LogP contribution in [0.5, 0.6) is 0 Å². The molecule has 7 unspecified atom stereocenters. The van der Waals surface area contributed by atoms with E-state index in [0.717, 1.165) is 60.2 Å². The summed E-state index contributed by atoms with van der Waals surface area (Å²) in [6.07, 6.45) is 19.1. The summed E-state index contributed by atoms with van der Waals surface area (Å²) in [5.41, 5.74) is 1.65. The lowest BCUT2D eigenvalue weighted by atomic mass is 9.54. The third kappa shape index (κ3) is 5.28. The van der Waals surface area contributed by atoms with E-state index in [-0.39, 0.29) is 11.2 Å². The zero-order chi connectivity index (χ0) is 23.5. The Kier molecular flexibility index (Phi) is 8.90. The van der Waals surface area contributed by atoms with Gasteiger partial charge in [0.1, 0.15) is 0 Å². The van der Waals surface area contributed by atoms with Crippen LogP contribution in [0.1, 0.15) is 113 Å². The molecule has 182 valence electrons. The molecule has 3 aliphatic rings. The van der Waals surface area contributed by atoms with Crippen LogP contribution in [0.3, 0.4) is 0 Å². The zero-order valence-electron chi connectivity index (χ0n) is 22.3. The molecule has 1 nitrogen and oxygen atoms in total. The lowest BCUT2D eigenvalue weighted by molar-refractivity contribution is -0.110. The van der Waals surface area contributed by atoms with E-state index >= 15 is 0 Å². The maximum Gasteiger partial charge on any atom is 0.178 e. The van der Waals surface area contributed by atoms with Gasteiger partial charge in [-0.25, -0.2) is 0 Å². The van der Waals surface area contributed by atoms with Gasteiger partial charge in [-0.05, 0) is 110 Å². The molecule has 1 heteroatoms. The van der Waals surface area contributed by atoms with E-state index in [1.807, 2.05) is 12.2 Å². The van der Waals surface area contributed by atoms with Crippen molar-refractivity contribution in [2.75, 3.05) is 0 Å². The first-order valence-corrected chi connectivity index (χ1v) is 14.1. The van der Waals surface area contributed by atoms with Crippen molar-refractivity contribution in [3.05, 3.63) is 23.8 Å². The molecular formula is C31H52O. The highest BCUT2D eigenvalue weighted by Gasteiger charge is 2.50. The Morgan fingerprint density at radius 1 is 1.06 bits per heavy atom. The minimum Gasteiger partial charge on any atom is -0.290 e. The smallest absolute Gasteiger partial charge is 0.178 e. The molecule has 0 saturated heterocycles. The molecule has 0 heterocycles. The lowest BCUT2D eigenvalue weighted by Crippen LogP contribution is -2.42. The van der Waals surface area contributed by atoms with E-state index in [0.29, 0.717) is 0 Å². The monoisotopic (exact) mass is 440 g/mol. The molecule has 0 amide bonds. The van der Waals surface area contributed by atoms with Crippen molar-refractivity contribution in [1.82, 2.24) is 0 Å². The molecular weight excluding hydrogens is 388 g/mol. The Morgan fingerprint density at radius 3 is 2.47 bits per heavy atom. The Morgan fingerprint density at radius 2 is 1.81 bits per heavy atom. The van der Waals surface area contributed by atoms with E-state index in [9.17, 15) is 4.79 Å². The Bertz CT molecular complexity index is 685. The van der Waals surface area contributed by atoms with E-state index in [1.165, 1.54) is 56.9 Å². The maximum atomic E-state index is 12.3. The second-order valence-electron chi connectivity index (χ2n) is 12.4. The molecule has 0 bridgehead atoms. The molecule has 0 aromatic rings. The normalized spacial score (nSPS) is 37.2. The molecule has 0 aromatic carbocycles. The van der Waals surface area contributed by atoms with E-state index in [2.05, 4.69) is 54.5 Å². The molecule has 0 radical (unpaired) electrons. The van der Waals surface area contributed by atoms with Crippen molar-refractivity contribution in [2.24, 2.45) is 52.8 Å². The zero-order valence-corrected chi connectivity index (χ0v) is 22.3. The summed E-state index contributed by atoms with van der Waals surface area (Å²) in [4.78, 5) is 12.3. The van der Waals surface area contributed by atoms with Crippen LogP contribution >= 0.6 is 0 Å². The topological polar surface area (TPSA) is 17.1 Å². The van der Waals surface area contributed by atoms with Crippen LogP contribution in [-0.2, 0) is 4.79 Å². The van der Waals surface area contributed by atoms with Gasteiger partial charge in [-0.2, -0.15) is 0 Å². The molecule has 0 N–H and O–H groups in total. The summed E-state index contributed by atoms with van der Waals surface area (Å²) in [5, 5.41) is 0. The summed E-state index contributed by atoms with van der Waals surface area (Å²) in [6.45, 7) is 17.2. The minimum atomic E-state index is 0.191. The molecule has 3 rings (SSSR count). The number of ketones is 1. The van der Waals surface area contributed by atoms with Gasteiger partial charge in [0.25, 0.3) is 0 Å². The first kappa shape index (κ1) is 25.8. The van der Waals surface area contributed by atoms with Gasteiger partial charge in [0.2, 0.25) is 0 Å². The van der Waals surface area contributed by atoms with Crippen molar-refractivity contribution < 1.29 is 4.79 Å². The van der Waals surface area contributed by atoms with E-state index in [1.54, 1.807) is 0 Å². The van der Waals surface area contributed by atoms with E-state index < -0.39 is 0 Å². The summed E-state index contributed by atoms with van der Waals surface area (Å²) in [6, 6.07) is 0. The second-order valence-corrected chi connectivity index (χ2v) is 12.4. The fourth-order valence-corrected chi connectivity index (χ4v) is 8.37. The second kappa shape index (κ2) is 11.1. The predicted molar refractivity (Wildman–Crippen MR) is 138 cm³/mol. The first-order chi connectivity index (χ1) is 15.2. The number of rotatable bonds is 9. The van der Waals surface area contributed by atoms with Crippen LogP contribution in [0.2, 0.25) is 0 Å². The molecule has 8 atom stereocenters. The largest absolute Gasteiger partial charge is 0.290 e. The van der Waals surface area contributed by atoms with Crippen molar-refractivity contribution in [1.29, 1.82) is 0 Å². The van der Waals surface area contributed by atoms with Crippen molar-refractivity contribution in [3.63, 3.8) is 0 Å². The number of hydrogen-bond donors (Lipinski definition) is 0. The Hall–Kier alpha value is -0.850. The van der Waals surface area contributed by atoms with Crippen molar-refractivity contribution >= 4 is 5.78 Å². The maximum absolute atomic E-state index is 12.3. The van der Waals surface area contributed by atoms with Crippen LogP contribution in [-0.4, -0.2) is 5.78 Å². The van der Waals surface area contributed by atoms with Crippen LogP contribution < -0.4 is 0 Å². The molecule has 3 aliphatic carbocycles. The highest BCUT2D eigenvalue weighted by molar-refractivity contribution is 6.00. The molecule has 0 spiro atoms. The van der Waals surface area contributed by atoms with Crippen LogP contribution in [0.4, 0.5) is 0 Å². The highest BCUT2D eigenvalue weighted by atomic mass is 16.1. The van der Waals surface area contributed by atoms with Gasteiger partial charge < -0.3 is 0 Å². The number of hydrogen-bond acceptors (Lipinski definition) is 1. The van der Waals surface area contributed by atoms with Crippen LogP contribution in [0.25, 0.3) is 0 Å². The number of carbonyl (C=O) groups is 1. The van der Waals surface area contributed by atoms with Crippen LogP contribution in [0.15, 0.2) is 23.8 Å². The first-order valence-electron chi connectivity index (χ1n) is 14.1. The van der Waals surface area contributed by atoms with Crippen molar-refractivity contribution in [3.8, 4) is 0 Å². The third-order valence-electron chi connectivity index (χ3n) is 10.5. The highest BCUT2D eigenvalue weighted by Crippen LogP contribution is 2.58. The number of carbonyl (C=O) groups excluding carboxylic acids is 1. The van der Waals surface area contributed by atoms with Gasteiger partial charge >= 0.3 is 0 Å². The summed E-state index contributed by atoms with van der Waals surface area (Å²) in [7, 11) is 0. The molecule has 0 aromatic heterocycles. The third-order valence-corrected chi connectivity index (χ3v) is 10.5. The average molecular weight is 441 g/mol. The Balaban J connectivity index is 1.72. The number of fused-ring (bicyclic) bond motifs is 1. The summed E-state index contributed by atoms with van der Waals surface area (Å²) < 4.78 is 0. The standard InChI is InChI=1S/C31H52O/c1-8-11-30-29(16-15-25-20-26(32)12-10-19-31(25,30)7)28-18-17-27(23(28)6)22(5)13-14-24(9-2)21(3)4/h10,12,20-24,27-30H,8-9,11,13-19H2,1-7H3/t22-,23?,24?,27?,28?,29?,30?,31?/m1/s1. The Labute approximate surface area is 199 Å². The van der Waals surface area contributed by atoms with Gasteiger partial charge in [0.15, 0.2) is 5.78 Å². The van der Waals surface area contributed by atoms with Gasteiger partial charge in [-0.15, -0.1) is 0 Å². The summed E-state index contributed by atoms with van der Waals surface area (Å²) in [5.74, 6) is 7.01. The fourth-order valence-electron chi connectivity index (χ4n) is 8.37. The van der Waals surface area contributed by atoms with Gasteiger partial charge in [-0.3, -0.25) is 4.79 Å². The number of allylic oxidation sites excluding steroid dienone is 4. The van der Waals surface area contributed by atoms with Gasteiger partial charge in [0, 0.05) is 0 Å². The van der Waals surface area contributed by atoms with Gasteiger partial charge in [-0.1, -0.05) is 79.4 Å².